The van der Waals surface area contributed by atoms with Crippen LogP contribution >= 0.6 is 27.5 Å². The number of anilines is 1. The molecule has 9 heteroatoms. The third-order valence-electron chi connectivity index (χ3n) is 4.40. The molecule has 0 unspecified atom stereocenters. The molecule has 0 aliphatic rings. The van der Waals surface area contributed by atoms with Gasteiger partial charge in [-0.05, 0) is 49.2 Å². The maximum absolute atomic E-state index is 12.1. The van der Waals surface area contributed by atoms with Crippen LogP contribution in [-0.4, -0.2) is 21.9 Å². The molecule has 2 amide bonds. The zero-order chi connectivity index (χ0) is 21.1. The molecule has 0 aliphatic heterocycles. The Kier molecular flexibility index (Phi) is 6.34. The van der Waals surface area contributed by atoms with Gasteiger partial charge in [0.05, 0.1) is 5.52 Å². The number of fused-ring (bicyclic) bond motifs is 1. The molecule has 29 heavy (non-hydrogen) atoms. The van der Waals surface area contributed by atoms with Crippen LogP contribution in [0.1, 0.15) is 24.0 Å². The number of aromatic amines is 1. The first-order chi connectivity index (χ1) is 13.8. The van der Waals surface area contributed by atoms with Gasteiger partial charge in [-0.3, -0.25) is 9.59 Å². The normalized spacial score (nSPS) is 11.3. The zero-order valence-electron chi connectivity index (χ0n) is 15.7. The Balaban J connectivity index is 1.64. The highest BCUT2D eigenvalue weighted by molar-refractivity contribution is 9.10. The van der Waals surface area contributed by atoms with Crippen molar-refractivity contribution in [2.75, 3.05) is 5.32 Å². The molecule has 0 aliphatic carbocycles. The Morgan fingerprint density at radius 2 is 2.00 bits per heavy atom. The van der Waals surface area contributed by atoms with Crippen molar-refractivity contribution in [2.45, 2.75) is 26.7 Å². The van der Waals surface area contributed by atoms with Gasteiger partial charge in [-0.1, -0.05) is 33.6 Å². The van der Waals surface area contributed by atoms with Crippen LogP contribution in [0.25, 0.3) is 10.9 Å². The average Bonchev–Trinajstić information content (AvgIpc) is 2.96. The van der Waals surface area contributed by atoms with E-state index in [1.165, 1.54) is 0 Å². The molecule has 0 fully saturated rings. The molecule has 0 bridgehead atoms. The fourth-order valence-electron chi connectivity index (χ4n) is 2.73. The first kappa shape index (κ1) is 21.0. The molecule has 0 radical (unpaired) electrons. The number of aromatic hydroxyl groups is 1. The number of hydrogen-bond acceptors (Lipinski definition) is 4. The van der Waals surface area contributed by atoms with Gasteiger partial charge in [0.2, 0.25) is 11.8 Å². The van der Waals surface area contributed by atoms with Gasteiger partial charge in [0, 0.05) is 33.4 Å². The number of carbonyl (C=O) groups is 2. The summed E-state index contributed by atoms with van der Waals surface area (Å²) >= 11 is 9.45. The Morgan fingerprint density at radius 1 is 1.24 bits per heavy atom. The number of carbonyl (C=O) groups excluding carboxylic acids is 2. The van der Waals surface area contributed by atoms with Crippen LogP contribution in [0.4, 0.5) is 11.4 Å². The molecule has 0 saturated carbocycles. The van der Waals surface area contributed by atoms with Gasteiger partial charge in [-0.2, -0.15) is 0 Å². The summed E-state index contributed by atoms with van der Waals surface area (Å²) in [5.41, 5.74) is 3.15. The van der Waals surface area contributed by atoms with Crippen LogP contribution in [0.2, 0.25) is 5.02 Å². The second kappa shape index (κ2) is 8.75. The van der Waals surface area contributed by atoms with E-state index < -0.39 is 5.91 Å². The molecule has 150 valence electrons. The Labute approximate surface area is 180 Å². The van der Waals surface area contributed by atoms with Crippen molar-refractivity contribution in [3.63, 3.8) is 0 Å². The van der Waals surface area contributed by atoms with Gasteiger partial charge in [0.25, 0.3) is 5.91 Å². The van der Waals surface area contributed by atoms with Gasteiger partial charge in [0.15, 0.2) is 5.69 Å². The first-order valence-electron chi connectivity index (χ1n) is 8.76. The number of H-pyrrole nitrogens is 1. The van der Waals surface area contributed by atoms with Gasteiger partial charge in [-0.25, -0.2) is 0 Å². The van der Waals surface area contributed by atoms with E-state index >= 15 is 0 Å². The third kappa shape index (κ3) is 4.83. The summed E-state index contributed by atoms with van der Waals surface area (Å²) in [6, 6.07) is 8.85. The number of azo groups is 1. The molecule has 3 rings (SSSR count). The SMILES string of the molecule is Cc1cc2c(N=NC(=O)CCC(=O)Nc3cccc(Cl)c3C)c(O)[nH]c2cc1Br. The summed E-state index contributed by atoms with van der Waals surface area (Å²) in [5, 5.41) is 21.5. The highest BCUT2D eigenvalue weighted by Gasteiger charge is 2.14. The van der Waals surface area contributed by atoms with Crippen LogP contribution in [0, 0.1) is 13.8 Å². The molecule has 2 aromatic carbocycles. The van der Waals surface area contributed by atoms with Crippen molar-refractivity contribution in [3.05, 3.63) is 51.0 Å². The quantitative estimate of drug-likeness (QED) is 0.396. The average molecular weight is 478 g/mol. The fraction of sp³-hybridized carbons (Fsp3) is 0.200. The number of benzene rings is 2. The van der Waals surface area contributed by atoms with E-state index in [-0.39, 0.29) is 30.3 Å². The van der Waals surface area contributed by atoms with E-state index in [2.05, 4.69) is 36.5 Å². The van der Waals surface area contributed by atoms with Crippen LogP contribution in [0.5, 0.6) is 5.88 Å². The number of hydrogen-bond donors (Lipinski definition) is 3. The van der Waals surface area contributed by atoms with E-state index in [4.69, 9.17) is 11.6 Å². The lowest BCUT2D eigenvalue weighted by Gasteiger charge is -2.08. The highest BCUT2D eigenvalue weighted by atomic mass is 79.9. The molecular formula is C20H18BrClN4O3. The lowest BCUT2D eigenvalue weighted by atomic mass is 10.1. The van der Waals surface area contributed by atoms with E-state index in [9.17, 15) is 14.7 Å². The molecule has 7 nitrogen and oxygen atoms in total. The predicted molar refractivity (Wildman–Crippen MR) is 116 cm³/mol. The number of halogens is 2. The Hall–Kier alpha value is -2.71. The van der Waals surface area contributed by atoms with Gasteiger partial charge in [0.1, 0.15) is 0 Å². The molecule has 3 aromatic rings. The Morgan fingerprint density at radius 3 is 2.76 bits per heavy atom. The van der Waals surface area contributed by atoms with Crippen molar-refractivity contribution < 1.29 is 14.7 Å². The maximum atomic E-state index is 12.1. The molecule has 3 N–H and O–H groups in total. The number of aryl methyl sites for hydroxylation is 1. The van der Waals surface area contributed by atoms with Crippen LogP contribution < -0.4 is 5.32 Å². The molecule has 0 atom stereocenters. The monoisotopic (exact) mass is 476 g/mol. The summed E-state index contributed by atoms with van der Waals surface area (Å²) in [6.07, 6.45) is -0.154. The maximum Gasteiger partial charge on any atom is 0.265 e. The molecular weight excluding hydrogens is 460 g/mol. The molecule has 1 aromatic heterocycles. The smallest absolute Gasteiger partial charge is 0.265 e. The van der Waals surface area contributed by atoms with Crippen LogP contribution in [-0.2, 0) is 9.59 Å². The van der Waals surface area contributed by atoms with Crippen molar-refractivity contribution >= 4 is 61.6 Å². The van der Waals surface area contributed by atoms with E-state index in [0.717, 1.165) is 15.6 Å². The number of amides is 2. The van der Waals surface area contributed by atoms with E-state index in [1.54, 1.807) is 25.1 Å². The van der Waals surface area contributed by atoms with Gasteiger partial charge >= 0.3 is 0 Å². The molecule has 0 spiro atoms. The fourth-order valence-corrected chi connectivity index (χ4v) is 3.25. The van der Waals surface area contributed by atoms with E-state index in [0.29, 0.717) is 21.6 Å². The molecule has 0 saturated heterocycles. The lowest BCUT2D eigenvalue weighted by molar-refractivity contribution is -0.122. The summed E-state index contributed by atoms with van der Waals surface area (Å²) in [6.45, 7) is 3.70. The van der Waals surface area contributed by atoms with Crippen molar-refractivity contribution in [1.29, 1.82) is 0 Å². The minimum absolute atomic E-state index is 0.0459. The first-order valence-corrected chi connectivity index (χ1v) is 9.93. The van der Waals surface area contributed by atoms with Gasteiger partial charge in [-0.15, -0.1) is 10.2 Å². The van der Waals surface area contributed by atoms with E-state index in [1.807, 2.05) is 19.1 Å². The lowest BCUT2D eigenvalue weighted by Crippen LogP contribution is -2.13. The van der Waals surface area contributed by atoms with Crippen molar-refractivity contribution in [2.24, 2.45) is 10.2 Å². The van der Waals surface area contributed by atoms with Crippen LogP contribution in [0.15, 0.2) is 45.0 Å². The van der Waals surface area contributed by atoms with Crippen molar-refractivity contribution in [3.8, 4) is 5.88 Å². The molecule has 1 heterocycles. The second-order valence-electron chi connectivity index (χ2n) is 6.52. The number of nitrogens with zero attached hydrogens (tertiary/aromatic N) is 2. The minimum atomic E-state index is -0.564. The zero-order valence-corrected chi connectivity index (χ0v) is 18.1. The number of nitrogens with one attached hydrogen (secondary N) is 2. The number of rotatable bonds is 5. The predicted octanol–water partition coefficient (Wildman–Crippen LogP) is 5.94. The topological polar surface area (TPSA) is 107 Å². The Bertz CT molecular complexity index is 1140. The van der Waals surface area contributed by atoms with Crippen molar-refractivity contribution in [1.82, 2.24) is 4.98 Å². The minimum Gasteiger partial charge on any atom is -0.493 e. The third-order valence-corrected chi connectivity index (χ3v) is 5.66. The summed E-state index contributed by atoms with van der Waals surface area (Å²) in [5.74, 6) is -1.07. The standard InChI is InChI=1S/C20H18BrClN4O3/c1-10-8-12-16(9-13(10)21)24-20(29)19(12)26-25-18(28)7-6-17(27)23-15-5-3-4-14(22)11(15)2/h3-5,8-9,24,29H,6-7H2,1-2H3,(H,23,27). The highest BCUT2D eigenvalue weighted by Crippen LogP contribution is 2.37. The number of aromatic nitrogens is 1. The summed E-state index contributed by atoms with van der Waals surface area (Å²) < 4.78 is 0.881. The summed E-state index contributed by atoms with van der Waals surface area (Å²) in [4.78, 5) is 26.9. The largest absolute Gasteiger partial charge is 0.493 e. The summed E-state index contributed by atoms with van der Waals surface area (Å²) in [7, 11) is 0. The van der Waals surface area contributed by atoms with Crippen LogP contribution in [0.3, 0.4) is 0 Å². The van der Waals surface area contributed by atoms with Gasteiger partial charge < -0.3 is 15.4 Å². The second-order valence-corrected chi connectivity index (χ2v) is 7.79.